The summed E-state index contributed by atoms with van der Waals surface area (Å²) in [4.78, 5) is 21.2. The Morgan fingerprint density at radius 3 is 2.73 bits per heavy atom. The highest BCUT2D eigenvalue weighted by Crippen LogP contribution is 2.12. The van der Waals surface area contributed by atoms with Gasteiger partial charge in [-0.05, 0) is 18.1 Å². The molecule has 0 spiro atoms. The van der Waals surface area contributed by atoms with Crippen molar-refractivity contribution in [2.75, 3.05) is 0 Å². The van der Waals surface area contributed by atoms with E-state index < -0.39 is 0 Å². The smallest absolute Gasteiger partial charge is 0.134 e. The summed E-state index contributed by atoms with van der Waals surface area (Å²) in [5.74, 6) is 0.145. The summed E-state index contributed by atoms with van der Waals surface area (Å²) in [6.45, 7) is 1.58. The first-order chi connectivity index (χ1) is 7.24. The minimum Gasteiger partial charge on any atom is -0.303 e. The normalized spacial score (nSPS) is 10.5. The summed E-state index contributed by atoms with van der Waals surface area (Å²) in [6, 6.07) is 7.71. The Bertz CT molecular complexity index is 378. The van der Waals surface area contributed by atoms with Crippen LogP contribution in [0.25, 0.3) is 6.08 Å². The maximum Gasteiger partial charge on any atom is 0.134 e. The van der Waals surface area contributed by atoms with Crippen LogP contribution in [0.3, 0.4) is 0 Å². The standard InChI is InChI=1S/C13H14O2/c1-11(15)10-13-8-3-2-6-12(13)7-4-5-9-14/h2-4,6-9H,5,10H2,1H3. The molecule has 0 saturated carbocycles. The van der Waals surface area contributed by atoms with E-state index in [9.17, 15) is 9.59 Å². The molecule has 0 N–H and O–H groups in total. The fraction of sp³-hybridized carbons (Fsp3) is 0.231. The van der Waals surface area contributed by atoms with E-state index in [4.69, 9.17) is 0 Å². The third-order valence-corrected chi connectivity index (χ3v) is 2.02. The molecule has 1 aromatic carbocycles. The number of hydrogen-bond acceptors (Lipinski definition) is 2. The summed E-state index contributed by atoms with van der Waals surface area (Å²) in [6.07, 6.45) is 5.39. The molecule has 15 heavy (non-hydrogen) atoms. The first-order valence-electron chi connectivity index (χ1n) is 4.91. The van der Waals surface area contributed by atoms with Crippen molar-refractivity contribution in [1.29, 1.82) is 0 Å². The quantitative estimate of drug-likeness (QED) is 0.687. The van der Waals surface area contributed by atoms with Gasteiger partial charge in [-0.15, -0.1) is 0 Å². The lowest BCUT2D eigenvalue weighted by Gasteiger charge is -2.02. The van der Waals surface area contributed by atoms with Crippen LogP contribution in [-0.4, -0.2) is 12.1 Å². The SMILES string of the molecule is CC(=O)Cc1ccccc1C=CCC=O. The molecule has 0 aliphatic carbocycles. The van der Waals surface area contributed by atoms with Gasteiger partial charge in [-0.25, -0.2) is 0 Å². The molecule has 0 fully saturated rings. The van der Waals surface area contributed by atoms with E-state index in [1.54, 1.807) is 13.0 Å². The summed E-state index contributed by atoms with van der Waals surface area (Å²) in [5, 5.41) is 0. The number of benzene rings is 1. The van der Waals surface area contributed by atoms with E-state index >= 15 is 0 Å². The van der Waals surface area contributed by atoms with Crippen molar-refractivity contribution in [3.05, 3.63) is 41.5 Å². The first kappa shape index (κ1) is 11.4. The van der Waals surface area contributed by atoms with Crippen LogP contribution in [0.15, 0.2) is 30.3 Å². The first-order valence-corrected chi connectivity index (χ1v) is 4.91. The van der Waals surface area contributed by atoms with Crippen molar-refractivity contribution in [1.82, 2.24) is 0 Å². The van der Waals surface area contributed by atoms with Crippen LogP contribution in [0, 0.1) is 0 Å². The molecule has 0 unspecified atom stereocenters. The molecule has 1 rings (SSSR count). The Morgan fingerprint density at radius 2 is 2.07 bits per heavy atom. The number of aldehydes is 1. The van der Waals surface area contributed by atoms with Crippen LogP contribution < -0.4 is 0 Å². The Hall–Kier alpha value is -1.70. The van der Waals surface area contributed by atoms with E-state index in [-0.39, 0.29) is 5.78 Å². The number of ketones is 1. The second kappa shape index (κ2) is 5.91. The molecule has 0 aliphatic heterocycles. The van der Waals surface area contributed by atoms with Crippen LogP contribution in [-0.2, 0) is 16.0 Å². The molecule has 0 heterocycles. The molecular weight excluding hydrogens is 188 g/mol. The topological polar surface area (TPSA) is 34.1 Å². The van der Waals surface area contributed by atoms with Crippen LogP contribution in [0.4, 0.5) is 0 Å². The van der Waals surface area contributed by atoms with Gasteiger partial charge in [0.15, 0.2) is 0 Å². The van der Waals surface area contributed by atoms with Crippen molar-refractivity contribution in [2.45, 2.75) is 19.8 Å². The maximum atomic E-state index is 11.0. The molecule has 2 nitrogen and oxygen atoms in total. The van der Waals surface area contributed by atoms with Gasteiger partial charge in [0, 0.05) is 12.8 Å². The van der Waals surface area contributed by atoms with Gasteiger partial charge in [-0.3, -0.25) is 4.79 Å². The Morgan fingerprint density at radius 1 is 1.33 bits per heavy atom. The molecule has 0 amide bonds. The Labute approximate surface area is 89.6 Å². The second-order valence-corrected chi connectivity index (χ2v) is 3.38. The van der Waals surface area contributed by atoms with Crippen molar-refractivity contribution in [2.24, 2.45) is 0 Å². The fourth-order valence-electron chi connectivity index (χ4n) is 1.38. The lowest BCUT2D eigenvalue weighted by atomic mass is 10.0. The zero-order valence-corrected chi connectivity index (χ0v) is 8.77. The third-order valence-electron chi connectivity index (χ3n) is 2.02. The van der Waals surface area contributed by atoms with Gasteiger partial charge in [0.1, 0.15) is 12.1 Å². The van der Waals surface area contributed by atoms with Gasteiger partial charge >= 0.3 is 0 Å². The molecule has 0 saturated heterocycles. The molecule has 0 radical (unpaired) electrons. The van der Waals surface area contributed by atoms with Crippen LogP contribution >= 0.6 is 0 Å². The zero-order chi connectivity index (χ0) is 11.1. The highest BCUT2D eigenvalue weighted by atomic mass is 16.1. The zero-order valence-electron chi connectivity index (χ0n) is 8.77. The third kappa shape index (κ3) is 3.90. The minimum absolute atomic E-state index is 0.145. The van der Waals surface area contributed by atoms with Crippen LogP contribution in [0.1, 0.15) is 24.5 Å². The van der Waals surface area contributed by atoms with E-state index in [1.165, 1.54) is 0 Å². The lowest BCUT2D eigenvalue weighted by Crippen LogP contribution is -1.98. The van der Waals surface area contributed by atoms with E-state index in [0.717, 1.165) is 17.4 Å². The summed E-state index contributed by atoms with van der Waals surface area (Å²) < 4.78 is 0. The molecule has 0 bridgehead atoms. The average molecular weight is 202 g/mol. The van der Waals surface area contributed by atoms with E-state index in [1.807, 2.05) is 30.3 Å². The summed E-state index contributed by atoms with van der Waals surface area (Å²) >= 11 is 0. The number of carbonyl (C=O) groups is 2. The van der Waals surface area contributed by atoms with Gasteiger partial charge in [-0.1, -0.05) is 36.4 Å². The van der Waals surface area contributed by atoms with E-state index in [0.29, 0.717) is 12.8 Å². The van der Waals surface area contributed by atoms with Crippen molar-refractivity contribution in [3.63, 3.8) is 0 Å². The van der Waals surface area contributed by atoms with Gasteiger partial charge in [-0.2, -0.15) is 0 Å². The average Bonchev–Trinajstić information content (AvgIpc) is 2.20. The minimum atomic E-state index is 0.145. The molecular formula is C13H14O2. The Balaban J connectivity index is 2.85. The number of hydrogen-bond donors (Lipinski definition) is 0. The molecule has 2 heteroatoms. The van der Waals surface area contributed by atoms with Gasteiger partial charge in [0.25, 0.3) is 0 Å². The van der Waals surface area contributed by atoms with Crippen LogP contribution in [0.2, 0.25) is 0 Å². The highest BCUT2D eigenvalue weighted by molar-refractivity contribution is 5.79. The number of carbonyl (C=O) groups excluding carboxylic acids is 2. The molecule has 0 aliphatic rings. The number of rotatable bonds is 5. The number of allylic oxidation sites excluding steroid dienone is 1. The van der Waals surface area contributed by atoms with E-state index in [2.05, 4.69) is 0 Å². The fourth-order valence-corrected chi connectivity index (χ4v) is 1.38. The summed E-state index contributed by atoms with van der Waals surface area (Å²) in [5.41, 5.74) is 2.02. The van der Waals surface area contributed by atoms with Crippen molar-refractivity contribution in [3.8, 4) is 0 Å². The highest BCUT2D eigenvalue weighted by Gasteiger charge is 2.00. The van der Waals surface area contributed by atoms with Crippen molar-refractivity contribution < 1.29 is 9.59 Å². The Kier molecular flexibility index (Phi) is 4.48. The van der Waals surface area contributed by atoms with Gasteiger partial charge in [0.05, 0.1) is 0 Å². The van der Waals surface area contributed by atoms with Gasteiger partial charge < -0.3 is 4.79 Å². The largest absolute Gasteiger partial charge is 0.303 e. The predicted molar refractivity (Wildman–Crippen MR) is 60.5 cm³/mol. The monoisotopic (exact) mass is 202 g/mol. The summed E-state index contributed by atoms with van der Waals surface area (Å²) in [7, 11) is 0. The van der Waals surface area contributed by atoms with Crippen molar-refractivity contribution >= 4 is 18.1 Å². The molecule has 0 atom stereocenters. The molecule has 0 aromatic heterocycles. The van der Waals surface area contributed by atoms with Crippen LogP contribution in [0.5, 0.6) is 0 Å². The molecule has 78 valence electrons. The van der Waals surface area contributed by atoms with Gasteiger partial charge in [0.2, 0.25) is 0 Å². The second-order valence-electron chi connectivity index (χ2n) is 3.38. The molecule has 1 aromatic rings. The number of Topliss-reactive ketones (excluding diaryl/α,β-unsaturated/α-hetero) is 1. The lowest BCUT2D eigenvalue weighted by molar-refractivity contribution is -0.116. The predicted octanol–water partition coefficient (Wildman–Crippen LogP) is 2.42. The maximum absolute atomic E-state index is 11.0.